The number of benzene rings is 1. The Morgan fingerprint density at radius 1 is 1.37 bits per heavy atom. The van der Waals surface area contributed by atoms with Crippen molar-refractivity contribution in [2.45, 2.75) is 39.7 Å². The first-order valence-corrected chi connectivity index (χ1v) is 6.63. The molecule has 0 spiro atoms. The molecule has 1 N–H and O–H groups in total. The number of nitrogens with zero attached hydrogens (tertiary/aromatic N) is 2. The van der Waals surface area contributed by atoms with E-state index in [0.717, 1.165) is 30.4 Å². The SMILES string of the molecule is Cc1cc2ncn(CC3(CC(=O)O)CC3)c2cc1C. The molecule has 1 heterocycles. The maximum atomic E-state index is 10.9. The number of imidazole rings is 1. The Kier molecular flexibility index (Phi) is 2.62. The third-order valence-electron chi connectivity index (χ3n) is 4.23. The Labute approximate surface area is 112 Å². The van der Waals surface area contributed by atoms with Crippen LogP contribution in [0.15, 0.2) is 18.5 Å². The van der Waals surface area contributed by atoms with Crippen molar-refractivity contribution >= 4 is 17.0 Å². The Hall–Kier alpha value is -1.84. The number of carbonyl (C=O) groups is 1. The summed E-state index contributed by atoms with van der Waals surface area (Å²) in [7, 11) is 0. The highest BCUT2D eigenvalue weighted by Gasteiger charge is 2.44. The summed E-state index contributed by atoms with van der Waals surface area (Å²) in [6.07, 6.45) is 4.11. The summed E-state index contributed by atoms with van der Waals surface area (Å²) in [5.74, 6) is -0.700. The number of hydrogen-bond donors (Lipinski definition) is 1. The van der Waals surface area contributed by atoms with Gasteiger partial charge in [0.05, 0.1) is 23.8 Å². The zero-order valence-corrected chi connectivity index (χ0v) is 11.3. The summed E-state index contributed by atoms with van der Waals surface area (Å²) in [4.78, 5) is 15.3. The average molecular weight is 258 g/mol. The fraction of sp³-hybridized carbons (Fsp3) is 0.467. The highest BCUT2D eigenvalue weighted by Crippen LogP contribution is 2.50. The lowest BCUT2D eigenvalue weighted by atomic mass is 10.0. The fourth-order valence-corrected chi connectivity index (χ4v) is 2.69. The van der Waals surface area contributed by atoms with Crippen molar-refractivity contribution < 1.29 is 9.90 Å². The monoisotopic (exact) mass is 258 g/mol. The summed E-state index contributed by atoms with van der Waals surface area (Å²) in [5.41, 5.74) is 4.55. The van der Waals surface area contributed by atoms with Crippen LogP contribution in [0.4, 0.5) is 0 Å². The van der Waals surface area contributed by atoms with Gasteiger partial charge in [0.15, 0.2) is 0 Å². The van der Waals surface area contributed by atoms with Gasteiger partial charge in [-0.05, 0) is 55.4 Å². The van der Waals surface area contributed by atoms with Crippen LogP contribution in [0, 0.1) is 19.3 Å². The first-order valence-electron chi connectivity index (χ1n) is 6.63. The normalized spacial score (nSPS) is 16.7. The molecule has 0 atom stereocenters. The molecular weight excluding hydrogens is 240 g/mol. The number of hydrogen-bond acceptors (Lipinski definition) is 2. The van der Waals surface area contributed by atoms with E-state index in [9.17, 15) is 4.79 Å². The molecule has 1 aliphatic carbocycles. The molecule has 4 heteroatoms. The minimum absolute atomic E-state index is 0.0434. The van der Waals surface area contributed by atoms with E-state index in [1.165, 1.54) is 11.1 Å². The predicted octanol–water partition coefficient (Wildman–Crippen LogP) is 2.91. The van der Waals surface area contributed by atoms with Crippen LogP contribution in [0.1, 0.15) is 30.4 Å². The van der Waals surface area contributed by atoms with Crippen LogP contribution >= 0.6 is 0 Å². The molecule has 0 bridgehead atoms. The summed E-state index contributed by atoms with van der Waals surface area (Å²) < 4.78 is 2.11. The Balaban J connectivity index is 1.94. The first-order chi connectivity index (χ1) is 8.99. The van der Waals surface area contributed by atoms with Gasteiger partial charge in [-0.1, -0.05) is 0 Å². The summed E-state index contributed by atoms with van der Waals surface area (Å²) in [5, 5.41) is 8.99. The molecule has 0 radical (unpaired) electrons. The largest absolute Gasteiger partial charge is 0.481 e. The van der Waals surface area contributed by atoms with Gasteiger partial charge in [0.25, 0.3) is 0 Å². The highest BCUT2D eigenvalue weighted by molar-refractivity contribution is 5.77. The number of fused-ring (bicyclic) bond motifs is 1. The standard InChI is InChI=1S/C15H18N2O2/c1-10-5-12-13(6-11(10)2)17(9-16-12)8-15(3-4-15)7-14(18)19/h5-6,9H,3-4,7-8H2,1-2H3,(H,18,19). The van der Waals surface area contributed by atoms with Crippen LogP contribution in [0.5, 0.6) is 0 Å². The summed E-state index contributed by atoms with van der Waals surface area (Å²) >= 11 is 0. The molecule has 1 aromatic heterocycles. The molecule has 1 aliphatic rings. The molecule has 3 rings (SSSR count). The topological polar surface area (TPSA) is 55.1 Å². The van der Waals surface area contributed by atoms with Crippen LogP contribution in [-0.2, 0) is 11.3 Å². The van der Waals surface area contributed by atoms with E-state index in [2.05, 4.69) is 35.5 Å². The van der Waals surface area contributed by atoms with E-state index >= 15 is 0 Å². The fourth-order valence-electron chi connectivity index (χ4n) is 2.69. The minimum Gasteiger partial charge on any atom is -0.481 e. The Morgan fingerprint density at radius 3 is 2.68 bits per heavy atom. The lowest BCUT2D eigenvalue weighted by molar-refractivity contribution is -0.138. The van der Waals surface area contributed by atoms with Crippen molar-refractivity contribution in [3.05, 3.63) is 29.6 Å². The maximum Gasteiger partial charge on any atom is 0.303 e. The van der Waals surface area contributed by atoms with Crippen LogP contribution in [0.3, 0.4) is 0 Å². The van der Waals surface area contributed by atoms with Gasteiger partial charge in [0, 0.05) is 6.54 Å². The van der Waals surface area contributed by atoms with E-state index in [0.29, 0.717) is 0 Å². The summed E-state index contributed by atoms with van der Waals surface area (Å²) in [6.45, 7) is 4.94. The summed E-state index contributed by atoms with van der Waals surface area (Å²) in [6, 6.07) is 4.24. The third-order valence-corrected chi connectivity index (χ3v) is 4.23. The van der Waals surface area contributed by atoms with E-state index in [-0.39, 0.29) is 11.8 Å². The smallest absolute Gasteiger partial charge is 0.303 e. The molecule has 0 amide bonds. The van der Waals surface area contributed by atoms with E-state index in [1.807, 2.05) is 6.33 Å². The van der Waals surface area contributed by atoms with Crippen LogP contribution in [-0.4, -0.2) is 20.6 Å². The van der Waals surface area contributed by atoms with E-state index in [4.69, 9.17) is 5.11 Å². The number of carboxylic acids is 1. The number of aromatic nitrogens is 2. The van der Waals surface area contributed by atoms with Gasteiger partial charge in [-0.15, -0.1) is 0 Å². The molecule has 1 aromatic carbocycles. The van der Waals surface area contributed by atoms with Crippen molar-refractivity contribution in [2.24, 2.45) is 5.41 Å². The van der Waals surface area contributed by atoms with Gasteiger partial charge >= 0.3 is 5.97 Å². The van der Waals surface area contributed by atoms with E-state index in [1.54, 1.807) is 0 Å². The van der Waals surface area contributed by atoms with Gasteiger partial charge in [0.2, 0.25) is 0 Å². The molecule has 1 fully saturated rings. The molecule has 0 aliphatic heterocycles. The lowest BCUT2D eigenvalue weighted by Crippen LogP contribution is -2.15. The van der Waals surface area contributed by atoms with Gasteiger partial charge in [-0.25, -0.2) is 4.98 Å². The molecule has 0 saturated heterocycles. The van der Waals surface area contributed by atoms with Gasteiger partial charge in [-0.2, -0.15) is 0 Å². The van der Waals surface area contributed by atoms with Crippen molar-refractivity contribution in [3.8, 4) is 0 Å². The molecule has 4 nitrogen and oxygen atoms in total. The Morgan fingerprint density at radius 2 is 2.05 bits per heavy atom. The second kappa shape index (κ2) is 4.08. The quantitative estimate of drug-likeness (QED) is 0.917. The molecule has 19 heavy (non-hydrogen) atoms. The van der Waals surface area contributed by atoms with Crippen molar-refractivity contribution in [2.75, 3.05) is 0 Å². The predicted molar refractivity (Wildman–Crippen MR) is 73.1 cm³/mol. The van der Waals surface area contributed by atoms with Crippen LogP contribution < -0.4 is 0 Å². The van der Waals surface area contributed by atoms with Gasteiger partial charge in [-0.3, -0.25) is 4.79 Å². The first kappa shape index (κ1) is 12.2. The third kappa shape index (κ3) is 2.23. The second-order valence-electron chi connectivity index (χ2n) is 5.87. The highest BCUT2D eigenvalue weighted by atomic mass is 16.4. The van der Waals surface area contributed by atoms with Crippen molar-refractivity contribution in [3.63, 3.8) is 0 Å². The van der Waals surface area contributed by atoms with Crippen LogP contribution in [0.2, 0.25) is 0 Å². The van der Waals surface area contributed by atoms with Gasteiger partial charge in [0.1, 0.15) is 0 Å². The molecule has 0 unspecified atom stereocenters. The minimum atomic E-state index is -0.700. The lowest BCUT2D eigenvalue weighted by Gasteiger charge is -2.14. The zero-order valence-electron chi connectivity index (χ0n) is 11.3. The molecule has 1 saturated carbocycles. The van der Waals surface area contributed by atoms with Crippen molar-refractivity contribution in [1.29, 1.82) is 0 Å². The second-order valence-corrected chi connectivity index (χ2v) is 5.87. The number of aliphatic carboxylic acids is 1. The van der Waals surface area contributed by atoms with Crippen molar-refractivity contribution in [1.82, 2.24) is 9.55 Å². The Bertz CT molecular complexity index is 653. The number of rotatable bonds is 4. The van der Waals surface area contributed by atoms with Crippen LogP contribution in [0.25, 0.3) is 11.0 Å². The molecular formula is C15H18N2O2. The van der Waals surface area contributed by atoms with Gasteiger partial charge < -0.3 is 9.67 Å². The number of carboxylic acid groups (broad SMARTS) is 1. The van der Waals surface area contributed by atoms with E-state index < -0.39 is 5.97 Å². The average Bonchev–Trinajstić information content (AvgIpc) is 2.97. The maximum absolute atomic E-state index is 10.9. The zero-order chi connectivity index (χ0) is 13.6. The molecule has 2 aromatic rings. The molecule has 100 valence electrons. The number of aryl methyl sites for hydroxylation is 2.